The van der Waals surface area contributed by atoms with Gasteiger partial charge in [-0.25, -0.2) is 4.79 Å². The van der Waals surface area contributed by atoms with Crippen molar-refractivity contribution in [3.05, 3.63) is 29.8 Å². The fourth-order valence-corrected chi connectivity index (χ4v) is 2.68. The van der Waals surface area contributed by atoms with Gasteiger partial charge in [0.15, 0.2) is 0 Å². The zero-order valence-electron chi connectivity index (χ0n) is 14.0. The fourth-order valence-electron chi connectivity index (χ4n) is 2.68. The molecule has 0 aromatic heterocycles. The van der Waals surface area contributed by atoms with Crippen LogP contribution in [-0.4, -0.2) is 42.5 Å². The maximum atomic E-state index is 12.5. The molecule has 0 fully saturated rings. The molecule has 1 unspecified atom stereocenters. The van der Waals surface area contributed by atoms with E-state index in [1.165, 1.54) is 4.90 Å². The highest BCUT2D eigenvalue weighted by molar-refractivity contribution is 5.98. The number of carbonyl (C=O) groups is 2. The van der Waals surface area contributed by atoms with Gasteiger partial charge in [0.2, 0.25) is 0 Å². The van der Waals surface area contributed by atoms with E-state index >= 15 is 0 Å². The summed E-state index contributed by atoms with van der Waals surface area (Å²) in [6.45, 7) is 6.79. The van der Waals surface area contributed by atoms with Crippen molar-refractivity contribution < 1.29 is 24.2 Å². The van der Waals surface area contributed by atoms with Crippen molar-refractivity contribution in [1.29, 1.82) is 0 Å². The quantitative estimate of drug-likeness (QED) is 0.864. The summed E-state index contributed by atoms with van der Waals surface area (Å²) < 4.78 is 10.5. The summed E-state index contributed by atoms with van der Waals surface area (Å²) in [6, 6.07) is 7.00. The molecule has 1 aromatic rings. The van der Waals surface area contributed by atoms with Crippen LogP contribution in [0.4, 0.5) is 10.5 Å². The van der Waals surface area contributed by atoms with E-state index in [2.05, 4.69) is 0 Å². The Bertz CT molecular complexity index is 607. The predicted molar refractivity (Wildman–Crippen MR) is 85.4 cm³/mol. The standard InChI is InChI=1S/C17H23NO5/c1-5-22-14(20)17(11-19)10-18(15(21)23-16(2,3)4)13-9-7-6-8-12(13)17/h6-9,19H,5,10-11H2,1-4H3. The van der Waals surface area contributed by atoms with E-state index < -0.39 is 29.7 Å². The van der Waals surface area contributed by atoms with Crippen LogP contribution in [0.3, 0.4) is 0 Å². The van der Waals surface area contributed by atoms with Gasteiger partial charge in [-0.1, -0.05) is 18.2 Å². The molecule has 1 N–H and O–H groups in total. The number of aliphatic hydroxyl groups excluding tert-OH is 1. The fraction of sp³-hybridized carbons (Fsp3) is 0.529. The molecule has 1 aliphatic heterocycles. The van der Waals surface area contributed by atoms with E-state index in [1.807, 2.05) is 0 Å². The van der Waals surface area contributed by atoms with E-state index in [4.69, 9.17) is 9.47 Å². The Morgan fingerprint density at radius 1 is 1.30 bits per heavy atom. The zero-order valence-corrected chi connectivity index (χ0v) is 14.0. The van der Waals surface area contributed by atoms with Crippen LogP contribution in [-0.2, 0) is 19.7 Å². The van der Waals surface area contributed by atoms with E-state index in [1.54, 1.807) is 52.0 Å². The van der Waals surface area contributed by atoms with Crippen LogP contribution in [0, 0.1) is 0 Å². The summed E-state index contributed by atoms with van der Waals surface area (Å²) in [7, 11) is 0. The number of esters is 1. The first kappa shape index (κ1) is 17.3. The van der Waals surface area contributed by atoms with Gasteiger partial charge < -0.3 is 14.6 Å². The summed E-state index contributed by atoms with van der Waals surface area (Å²) in [5, 5.41) is 9.91. The monoisotopic (exact) mass is 321 g/mol. The number of fused-ring (bicyclic) bond motifs is 1. The molecule has 1 aliphatic rings. The highest BCUT2D eigenvalue weighted by atomic mass is 16.6. The number of para-hydroxylation sites is 1. The van der Waals surface area contributed by atoms with Gasteiger partial charge in [0.1, 0.15) is 11.0 Å². The van der Waals surface area contributed by atoms with Crippen LogP contribution in [0.2, 0.25) is 0 Å². The normalized spacial score (nSPS) is 20.1. The minimum absolute atomic E-state index is 0.00338. The van der Waals surface area contributed by atoms with Gasteiger partial charge in [0.25, 0.3) is 0 Å². The molecular weight excluding hydrogens is 298 g/mol. The van der Waals surface area contributed by atoms with Crippen molar-refractivity contribution in [1.82, 2.24) is 0 Å². The van der Waals surface area contributed by atoms with Crippen LogP contribution in [0.15, 0.2) is 24.3 Å². The lowest BCUT2D eigenvalue weighted by Gasteiger charge is -2.27. The molecule has 23 heavy (non-hydrogen) atoms. The molecule has 0 aliphatic carbocycles. The maximum Gasteiger partial charge on any atom is 0.414 e. The first-order valence-corrected chi connectivity index (χ1v) is 7.63. The highest BCUT2D eigenvalue weighted by Crippen LogP contribution is 2.42. The molecule has 1 amide bonds. The van der Waals surface area contributed by atoms with Gasteiger partial charge in [-0.3, -0.25) is 9.69 Å². The molecule has 0 saturated carbocycles. The molecule has 0 radical (unpaired) electrons. The third-order valence-electron chi connectivity index (χ3n) is 3.69. The molecule has 6 heteroatoms. The van der Waals surface area contributed by atoms with E-state index in [0.29, 0.717) is 11.3 Å². The lowest BCUT2D eigenvalue weighted by Crippen LogP contribution is -2.47. The average molecular weight is 321 g/mol. The van der Waals surface area contributed by atoms with Crippen molar-refractivity contribution in [2.75, 3.05) is 24.7 Å². The number of rotatable bonds is 3. The van der Waals surface area contributed by atoms with Gasteiger partial charge in [0.05, 0.1) is 25.4 Å². The molecule has 0 saturated heterocycles. The van der Waals surface area contributed by atoms with Crippen molar-refractivity contribution in [3.63, 3.8) is 0 Å². The minimum Gasteiger partial charge on any atom is -0.465 e. The summed E-state index contributed by atoms with van der Waals surface area (Å²) >= 11 is 0. The van der Waals surface area contributed by atoms with Gasteiger partial charge in [0, 0.05) is 0 Å². The first-order chi connectivity index (χ1) is 10.7. The average Bonchev–Trinajstić information content (AvgIpc) is 2.82. The number of nitrogens with zero attached hydrogens (tertiary/aromatic N) is 1. The molecule has 0 bridgehead atoms. The van der Waals surface area contributed by atoms with Gasteiger partial charge >= 0.3 is 12.1 Å². The molecular formula is C17H23NO5. The second kappa shape index (κ2) is 6.20. The largest absolute Gasteiger partial charge is 0.465 e. The molecule has 2 rings (SSSR count). The van der Waals surface area contributed by atoms with Crippen LogP contribution >= 0.6 is 0 Å². The maximum absolute atomic E-state index is 12.5. The number of hydrogen-bond donors (Lipinski definition) is 1. The Morgan fingerprint density at radius 2 is 1.96 bits per heavy atom. The number of ether oxygens (including phenoxy) is 2. The summed E-state index contributed by atoms with van der Waals surface area (Å²) in [4.78, 5) is 26.3. The first-order valence-electron chi connectivity index (χ1n) is 7.63. The lowest BCUT2D eigenvalue weighted by atomic mass is 9.83. The van der Waals surface area contributed by atoms with Crippen LogP contribution < -0.4 is 4.90 Å². The van der Waals surface area contributed by atoms with Crippen LogP contribution in [0.5, 0.6) is 0 Å². The number of hydrogen-bond acceptors (Lipinski definition) is 5. The Labute approximate surface area is 136 Å². The SMILES string of the molecule is CCOC(=O)C1(CO)CN(C(=O)OC(C)(C)C)c2ccccc21. The number of anilines is 1. The van der Waals surface area contributed by atoms with E-state index in [9.17, 15) is 14.7 Å². The number of benzene rings is 1. The summed E-state index contributed by atoms with van der Waals surface area (Å²) in [6.07, 6.45) is -0.551. The molecule has 126 valence electrons. The smallest absolute Gasteiger partial charge is 0.414 e. The number of carbonyl (C=O) groups excluding carboxylic acids is 2. The Kier molecular flexibility index (Phi) is 4.66. The minimum atomic E-state index is -1.27. The third kappa shape index (κ3) is 3.17. The van der Waals surface area contributed by atoms with Crippen molar-refractivity contribution >= 4 is 17.7 Å². The van der Waals surface area contributed by atoms with Gasteiger partial charge in [-0.2, -0.15) is 0 Å². The molecule has 6 nitrogen and oxygen atoms in total. The van der Waals surface area contributed by atoms with Gasteiger partial charge in [-0.15, -0.1) is 0 Å². The Hall–Kier alpha value is -2.08. The molecule has 1 heterocycles. The third-order valence-corrected chi connectivity index (χ3v) is 3.69. The molecule has 1 atom stereocenters. The van der Waals surface area contributed by atoms with Gasteiger partial charge in [-0.05, 0) is 39.3 Å². The molecule has 0 spiro atoms. The van der Waals surface area contributed by atoms with Crippen LogP contribution in [0.1, 0.15) is 33.3 Å². The zero-order chi connectivity index (χ0) is 17.3. The Morgan fingerprint density at radius 3 is 2.52 bits per heavy atom. The predicted octanol–water partition coefficient (Wildman–Crippen LogP) is 2.23. The van der Waals surface area contributed by atoms with E-state index in [-0.39, 0.29) is 13.2 Å². The number of amides is 1. The second-order valence-corrected chi connectivity index (χ2v) is 6.54. The topological polar surface area (TPSA) is 76.1 Å². The Balaban J connectivity index is 2.43. The summed E-state index contributed by atoms with van der Waals surface area (Å²) in [5.41, 5.74) is -0.792. The van der Waals surface area contributed by atoms with Crippen molar-refractivity contribution in [3.8, 4) is 0 Å². The lowest BCUT2D eigenvalue weighted by molar-refractivity contribution is -0.151. The van der Waals surface area contributed by atoms with E-state index in [0.717, 1.165) is 0 Å². The van der Waals surface area contributed by atoms with Crippen LogP contribution in [0.25, 0.3) is 0 Å². The van der Waals surface area contributed by atoms with Crippen molar-refractivity contribution in [2.45, 2.75) is 38.7 Å². The number of aliphatic hydroxyl groups is 1. The second-order valence-electron chi connectivity index (χ2n) is 6.54. The van der Waals surface area contributed by atoms with Crippen molar-refractivity contribution in [2.24, 2.45) is 0 Å². The summed E-state index contributed by atoms with van der Waals surface area (Å²) in [5.74, 6) is -0.541. The molecule has 1 aromatic carbocycles. The highest BCUT2D eigenvalue weighted by Gasteiger charge is 2.51.